The number of rotatable bonds is 3. The second-order valence-corrected chi connectivity index (χ2v) is 6.45. The van der Waals surface area contributed by atoms with Gasteiger partial charge in [0, 0.05) is 18.1 Å². The van der Waals surface area contributed by atoms with Crippen LogP contribution in [0.1, 0.15) is 44.5 Å². The van der Waals surface area contributed by atoms with E-state index in [9.17, 15) is 5.11 Å². The molecule has 1 fully saturated rings. The van der Waals surface area contributed by atoms with Crippen LogP contribution in [0.15, 0.2) is 18.2 Å². The summed E-state index contributed by atoms with van der Waals surface area (Å²) in [5.41, 5.74) is 1.99. The molecule has 3 unspecified atom stereocenters. The van der Waals surface area contributed by atoms with Crippen molar-refractivity contribution >= 4 is 22.6 Å². The van der Waals surface area contributed by atoms with Crippen molar-refractivity contribution in [3.05, 3.63) is 29.0 Å². The lowest BCUT2D eigenvalue weighted by atomic mass is 9.92. The number of aromatic nitrogens is 2. The van der Waals surface area contributed by atoms with Gasteiger partial charge in [0.2, 0.25) is 0 Å². The molecule has 0 saturated heterocycles. The van der Waals surface area contributed by atoms with Gasteiger partial charge in [-0.3, -0.25) is 0 Å². The van der Waals surface area contributed by atoms with E-state index in [1.54, 1.807) is 0 Å². The Morgan fingerprint density at radius 2 is 2.14 bits per heavy atom. The number of hydrogen-bond donors (Lipinski definition) is 2. The van der Waals surface area contributed by atoms with E-state index in [2.05, 4.69) is 16.8 Å². The van der Waals surface area contributed by atoms with Crippen molar-refractivity contribution in [2.75, 3.05) is 0 Å². The largest absolute Gasteiger partial charge is 0.392 e. The third-order valence-corrected chi connectivity index (χ3v) is 4.69. The minimum atomic E-state index is -0.245. The zero-order valence-electron chi connectivity index (χ0n) is 12.5. The fourth-order valence-electron chi connectivity index (χ4n) is 3.27. The molecule has 21 heavy (non-hydrogen) atoms. The van der Waals surface area contributed by atoms with E-state index in [0.717, 1.165) is 41.1 Å². The maximum absolute atomic E-state index is 10.1. The number of hydrogen-bond acceptors (Lipinski definition) is 3. The van der Waals surface area contributed by atoms with E-state index in [-0.39, 0.29) is 18.2 Å². The van der Waals surface area contributed by atoms with Gasteiger partial charge in [0.05, 0.1) is 23.2 Å². The minimum Gasteiger partial charge on any atom is -0.392 e. The van der Waals surface area contributed by atoms with Crippen molar-refractivity contribution in [2.24, 2.45) is 7.05 Å². The van der Waals surface area contributed by atoms with Crippen LogP contribution >= 0.6 is 11.6 Å². The molecule has 0 radical (unpaired) electrons. The van der Waals surface area contributed by atoms with Crippen molar-refractivity contribution in [3.63, 3.8) is 0 Å². The van der Waals surface area contributed by atoms with Gasteiger partial charge in [0.25, 0.3) is 0 Å². The molecule has 1 aromatic carbocycles. The second kappa shape index (κ2) is 5.95. The summed E-state index contributed by atoms with van der Waals surface area (Å²) in [5, 5.41) is 14.4. The first kappa shape index (κ1) is 14.8. The summed E-state index contributed by atoms with van der Waals surface area (Å²) in [6.45, 7) is 2.10. The molecule has 0 spiro atoms. The predicted octanol–water partition coefficient (Wildman–Crippen LogP) is 3.18. The summed E-state index contributed by atoms with van der Waals surface area (Å²) in [7, 11) is 2.01. The highest BCUT2D eigenvalue weighted by molar-refractivity contribution is 6.31. The average Bonchev–Trinajstić information content (AvgIpc) is 2.79. The second-order valence-electron chi connectivity index (χ2n) is 6.01. The Kier molecular flexibility index (Phi) is 4.20. The number of aliphatic hydroxyl groups is 1. The SMILES string of the molecule is CC(NC1CCCCC1O)c1nc2ccc(Cl)cc2n1C. The summed E-state index contributed by atoms with van der Waals surface area (Å²) >= 11 is 6.06. The van der Waals surface area contributed by atoms with E-state index in [1.807, 2.05) is 25.2 Å². The number of imidazole rings is 1. The van der Waals surface area contributed by atoms with Crippen molar-refractivity contribution in [2.45, 2.75) is 50.8 Å². The number of nitrogens with one attached hydrogen (secondary N) is 1. The fraction of sp³-hybridized carbons (Fsp3) is 0.562. The van der Waals surface area contributed by atoms with Crippen LogP contribution in [0.4, 0.5) is 0 Å². The average molecular weight is 308 g/mol. The highest BCUT2D eigenvalue weighted by Crippen LogP contribution is 2.25. The zero-order valence-corrected chi connectivity index (χ0v) is 13.3. The number of benzene rings is 1. The first-order valence-electron chi connectivity index (χ1n) is 7.62. The molecule has 2 N–H and O–H groups in total. The maximum atomic E-state index is 10.1. The first-order chi connectivity index (χ1) is 10.1. The lowest BCUT2D eigenvalue weighted by molar-refractivity contribution is 0.0852. The summed E-state index contributed by atoms with van der Waals surface area (Å²) < 4.78 is 2.08. The summed E-state index contributed by atoms with van der Waals surface area (Å²) in [6.07, 6.45) is 3.98. The van der Waals surface area contributed by atoms with Crippen molar-refractivity contribution in [1.29, 1.82) is 0 Å². The van der Waals surface area contributed by atoms with Crippen molar-refractivity contribution in [3.8, 4) is 0 Å². The lowest BCUT2D eigenvalue weighted by Crippen LogP contribution is -2.43. The van der Waals surface area contributed by atoms with Gasteiger partial charge in [0.15, 0.2) is 0 Å². The molecule has 2 aromatic rings. The Morgan fingerprint density at radius 1 is 1.38 bits per heavy atom. The Bertz CT molecular complexity index is 640. The van der Waals surface area contributed by atoms with Gasteiger partial charge in [-0.25, -0.2) is 4.98 Å². The molecule has 1 aliphatic rings. The maximum Gasteiger partial charge on any atom is 0.126 e. The molecule has 0 amide bonds. The summed E-state index contributed by atoms with van der Waals surface area (Å²) in [4.78, 5) is 4.70. The van der Waals surface area contributed by atoms with Crippen LogP contribution in [0.25, 0.3) is 11.0 Å². The standard InChI is InChI=1S/C16H22ClN3O/c1-10(18-13-5-3-4-6-15(13)21)16-19-12-8-7-11(17)9-14(12)20(16)2/h7-10,13,15,18,21H,3-6H2,1-2H3. The topological polar surface area (TPSA) is 50.1 Å². The van der Waals surface area contributed by atoms with Gasteiger partial charge in [-0.15, -0.1) is 0 Å². The Balaban J connectivity index is 1.84. The molecular weight excluding hydrogens is 286 g/mol. The molecule has 5 heteroatoms. The molecule has 4 nitrogen and oxygen atoms in total. The Morgan fingerprint density at radius 3 is 2.90 bits per heavy atom. The smallest absolute Gasteiger partial charge is 0.126 e. The highest BCUT2D eigenvalue weighted by Gasteiger charge is 2.26. The van der Waals surface area contributed by atoms with Crippen LogP contribution in [0.5, 0.6) is 0 Å². The van der Waals surface area contributed by atoms with Crippen LogP contribution in [0, 0.1) is 0 Å². The minimum absolute atomic E-state index is 0.0962. The van der Waals surface area contributed by atoms with E-state index < -0.39 is 0 Å². The van der Waals surface area contributed by atoms with Gasteiger partial charge in [0.1, 0.15) is 5.82 Å². The number of halogens is 1. The molecule has 1 aromatic heterocycles. The summed E-state index contributed by atoms with van der Waals surface area (Å²) in [6, 6.07) is 6.01. The number of aryl methyl sites for hydroxylation is 1. The molecule has 1 saturated carbocycles. The van der Waals surface area contributed by atoms with Gasteiger partial charge in [-0.05, 0) is 38.0 Å². The molecule has 1 aliphatic carbocycles. The van der Waals surface area contributed by atoms with Crippen LogP contribution in [0.3, 0.4) is 0 Å². The number of fused-ring (bicyclic) bond motifs is 1. The van der Waals surface area contributed by atoms with Crippen molar-refractivity contribution < 1.29 is 5.11 Å². The van der Waals surface area contributed by atoms with Crippen molar-refractivity contribution in [1.82, 2.24) is 14.9 Å². The number of nitrogens with zero attached hydrogens (tertiary/aromatic N) is 2. The third-order valence-electron chi connectivity index (χ3n) is 4.46. The molecular formula is C16H22ClN3O. The highest BCUT2D eigenvalue weighted by atomic mass is 35.5. The monoisotopic (exact) mass is 307 g/mol. The zero-order chi connectivity index (χ0) is 15.0. The predicted molar refractivity (Wildman–Crippen MR) is 85.5 cm³/mol. The van der Waals surface area contributed by atoms with Gasteiger partial charge < -0.3 is 15.0 Å². The van der Waals surface area contributed by atoms with Crippen LogP contribution in [-0.2, 0) is 7.05 Å². The molecule has 1 heterocycles. The molecule has 3 atom stereocenters. The fourth-order valence-corrected chi connectivity index (χ4v) is 3.44. The van der Waals surface area contributed by atoms with E-state index in [4.69, 9.17) is 16.6 Å². The van der Waals surface area contributed by atoms with E-state index in [0.29, 0.717) is 0 Å². The van der Waals surface area contributed by atoms with Gasteiger partial charge >= 0.3 is 0 Å². The molecule has 0 bridgehead atoms. The lowest BCUT2D eigenvalue weighted by Gasteiger charge is -2.31. The van der Waals surface area contributed by atoms with Crippen LogP contribution < -0.4 is 5.32 Å². The summed E-state index contributed by atoms with van der Waals surface area (Å²) in [5.74, 6) is 0.977. The third kappa shape index (κ3) is 2.93. The quantitative estimate of drug-likeness (QED) is 0.915. The van der Waals surface area contributed by atoms with Gasteiger partial charge in [-0.2, -0.15) is 0 Å². The molecule has 0 aliphatic heterocycles. The molecule has 3 rings (SSSR count). The Labute approximate surface area is 130 Å². The van der Waals surface area contributed by atoms with Crippen LogP contribution in [-0.4, -0.2) is 26.8 Å². The van der Waals surface area contributed by atoms with E-state index in [1.165, 1.54) is 6.42 Å². The first-order valence-corrected chi connectivity index (χ1v) is 8.00. The van der Waals surface area contributed by atoms with Crippen LogP contribution in [0.2, 0.25) is 5.02 Å². The van der Waals surface area contributed by atoms with Gasteiger partial charge in [-0.1, -0.05) is 24.4 Å². The Hall–Kier alpha value is -1.10. The number of aliphatic hydroxyl groups excluding tert-OH is 1. The van der Waals surface area contributed by atoms with E-state index >= 15 is 0 Å². The molecule has 114 valence electrons. The normalized spacial score (nSPS) is 24.4.